The highest BCUT2D eigenvalue weighted by Crippen LogP contribution is 2.25. The molecule has 110 valence electrons. The molecule has 7 heteroatoms. The molecule has 0 saturated heterocycles. The Labute approximate surface area is 121 Å². The molecule has 2 aromatic rings. The Balaban J connectivity index is 2.03. The van der Waals surface area contributed by atoms with Gasteiger partial charge in [0, 0.05) is 30.9 Å². The Morgan fingerprint density at radius 1 is 1.38 bits per heavy atom. The maximum absolute atomic E-state index is 11.9. The summed E-state index contributed by atoms with van der Waals surface area (Å²) in [6.45, 7) is 4.10. The number of hydrogen-bond acceptors (Lipinski definition) is 4. The van der Waals surface area contributed by atoms with Crippen molar-refractivity contribution in [2.45, 2.75) is 26.8 Å². The Hall–Kier alpha value is -2.70. The first-order chi connectivity index (χ1) is 9.97. The number of aryl methyl sites for hydroxylation is 3. The zero-order valence-electron chi connectivity index (χ0n) is 11.9. The summed E-state index contributed by atoms with van der Waals surface area (Å²) < 4.78 is 1.71. The van der Waals surface area contributed by atoms with Crippen molar-refractivity contribution in [1.29, 1.82) is 0 Å². The van der Waals surface area contributed by atoms with Crippen LogP contribution in [0.1, 0.15) is 17.7 Å². The van der Waals surface area contributed by atoms with Crippen molar-refractivity contribution in [3.05, 3.63) is 51.8 Å². The van der Waals surface area contributed by atoms with Crippen LogP contribution < -0.4 is 5.32 Å². The third-order valence-electron chi connectivity index (χ3n) is 3.10. The minimum atomic E-state index is -0.500. The lowest BCUT2D eigenvalue weighted by Crippen LogP contribution is -2.16. The van der Waals surface area contributed by atoms with Gasteiger partial charge in [0.15, 0.2) is 0 Å². The number of nitro benzene ring substituents is 1. The molecule has 1 heterocycles. The van der Waals surface area contributed by atoms with Crippen molar-refractivity contribution in [3.8, 4) is 0 Å². The standard InChI is InChI=1S/C14H16N4O3/c1-10-3-4-12(13(9-10)18(20)21)16-14(19)6-8-17-11(2)5-7-15-17/h3-5,7,9H,6,8H2,1-2H3,(H,16,19). The fourth-order valence-electron chi connectivity index (χ4n) is 1.95. The highest BCUT2D eigenvalue weighted by atomic mass is 16.6. The van der Waals surface area contributed by atoms with Gasteiger partial charge in [0.25, 0.3) is 5.69 Å². The van der Waals surface area contributed by atoms with Crippen molar-refractivity contribution in [3.63, 3.8) is 0 Å². The van der Waals surface area contributed by atoms with Gasteiger partial charge in [-0.25, -0.2) is 0 Å². The molecule has 1 N–H and O–H groups in total. The fraction of sp³-hybridized carbons (Fsp3) is 0.286. The molecular formula is C14H16N4O3. The zero-order chi connectivity index (χ0) is 15.4. The topological polar surface area (TPSA) is 90.1 Å². The van der Waals surface area contributed by atoms with E-state index in [1.807, 2.05) is 13.0 Å². The van der Waals surface area contributed by atoms with E-state index in [0.29, 0.717) is 6.54 Å². The number of hydrogen-bond donors (Lipinski definition) is 1. The summed E-state index contributed by atoms with van der Waals surface area (Å²) >= 11 is 0. The van der Waals surface area contributed by atoms with E-state index in [2.05, 4.69) is 10.4 Å². The van der Waals surface area contributed by atoms with E-state index < -0.39 is 4.92 Å². The molecule has 1 aromatic carbocycles. The molecule has 0 aliphatic rings. The number of carbonyl (C=O) groups excluding carboxylic acids is 1. The van der Waals surface area contributed by atoms with Crippen LogP contribution in [-0.4, -0.2) is 20.6 Å². The third-order valence-corrected chi connectivity index (χ3v) is 3.10. The van der Waals surface area contributed by atoms with Crippen LogP contribution in [0.25, 0.3) is 0 Å². The number of benzene rings is 1. The third kappa shape index (κ3) is 3.65. The number of amides is 1. The monoisotopic (exact) mass is 288 g/mol. The van der Waals surface area contributed by atoms with E-state index in [4.69, 9.17) is 0 Å². The van der Waals surface area contributed by atoms with Gasteiger partial charge in [-0.3, -0.25) is 19.6 Å². The molecule has 7 nitrogen and oxygen atoms in total. The molecule has 0 saturated carbocycles. The van der Waals surface area contributed by atoms with Crippen LogP contribution in [0.5, 0.6) is 0 Å². The summed E-state index contributed by atoms with van der Waals surface area (Å²) in [7, 11) is 0. The number of rotatable bonds is 5. The maximum Gasteiger partial charge on any atom is 0.293 e. The molecule has 0 spiro atoms. The molecule has 0 bridgehead atoms. The predicted molar refractivity (Wildman–Crippen MR) is 78.0 cm³/mol. The van der Waals surface area contributed by atoms with Crippen molar-refractivity contribution >= 4 is 17.3 Å². The van der Waals surface area contributed by atoms with Crippen LogP contribution in [0.2, 0.25) is 0 Å². The molecule has 2 rings (SSSR count). The molecule has 0 fully saturated rings. The summed E-state index contributed by atoms with van der Waals surface area (Å²) in [4.78, 5) is 22.4. The van der Waals surface area contributed by atoms with Gasteiger partial charge in [-0.05, 0) is 31.5 Å². The lowest BCUT2D eigenvalue weighted by molar-refractivity contribution is -0.384. The lowest BCUT2D eigenvalue weighted by atomic mass is 10.2. The number of nitrogens with one attached hydrogen (secondary N) is 1. The summed E-state index contributed by atoms with van der Waals surface area (Å²) in [5, 5.41) is 17.6. The zero-order valence-corrected chi connectivity index (χ0v) is 11.9. The summed E-state index contributed by atoms with van der Waals surface area (Å²) in [5.41, 5.74) is 1.85. The van der Waals surface area contributed by atoms with E-state index in [0.717, 1.165) is 11.3 Å². The first kappa shape index (κ1) is 14.7. The second-order valence-corrected chi connectivity index (χ2v) is 4.77. The van der Waals surface area contributed by atoms with E-state index in [1.54, 1.807) is 29.9 Å². The molecular weight excluding hydrogens is 272 g/mol. The van der Waals surface area contributed by atoms with Crippen LogP contribution in [0.15, 0.2) is 30.5 Å². The second-order valence-electron chi connectivity index (χ2n) is 4.77. The highest BCUT2D eigenvalue weighted by molar-refractivity contribution is 5.93. The molecule has 0 unspecified atom stereocenters. The minimum Gasteiger partial charge on any atom is -0.320 e. The average molecular weight is 288 g/mol. The number of anilines is 1. The van der Waals surface area contributed by atoms with Crippen molar-refractivity contribution in [2.24, 2.45) is 0 Å². The van der Waals surface area contributed by atoms with Gasteiger partial charge in [-0.15, -0.1) is 0 Å². The first-order valence-electron chi connectivity index (χ1n) is 6.50. The van der Waals surface area contributed by atoms with Crippen molar-refractivity contribution < 1.29 is 9.72 Å². The highest BCUT2D eigenvalue weighted by Gasteiger charge is 2.16. The van der Waals surface area contributed by atoms with Crippen molar-refractivity contribution in [2.75, 3.05) is 5.32 Å². The van der Waals surface area contributed by atoms with Crippen LogP contribution in [0, 0.1) is 24.0 Å². The normalized spacial score (nSPS) is 10.4. The molecule has 0 atom stereocenters. The van der Waals surface area contributed by atoms with E-state index in [1.165, 1.54) is 6.07 Å². The van der Waals surface area contributed by atoms with Crippen LogP contribution in [0.3, 0.4) is 0 Å². The second kappa shape index (κ2) is 6.17. The summed E-state index contributed by atoms with van der Waals surface area (Å²) in [6, 6.07) is 6.56. The minimum absolute atomic E-state index is 0.0985. The molecule has 21 heavy (non-hydrogen) atoms. The maximum atomic E-state index is 11.9. The SMILES string of the molecule is Cc1ccc(NC(=O)CCn2nccc2C)c([N+](=O)[O-])c1. The predicted octanol–water partition coefficient (Wildman–Crippen LogP) is 2.44. The van der Waals surface area contributed by atoms with E-state index in [9.17, 15) is 14.9 Å². The molecule has 1 aromatic heterocycles. The van der Waals surface area contributed by atoms with Gasteiger partial charge >= 0.3 is 0 Å². The Morgan fingerprint density at radius 3 is 2.76 bits per heavy atom. The van der Waals surface area contributed by atoms with E-state index >= 15 is 0 Å². The van der Waals surface area contributed by atoms with Gasteiger partial charge in [-0.2, -0.15) is 5.10 Å². The van der Waals surface area contributed by atoms with Crippen molar-refractivity contribution in [1.82, 2.24) is 9.78 Å². The number of nitrogens with zero attached hydrogens (tertiary/aromatic N) is 3. The van der Waals surface area contributed by atoms with Crippen LogP contribution in [-0.2, 0) is 11.3 Å². The number of carbonyl (C=O) groups is 1. The molecule has 1 amide bonds. The van der Waals surface area contributed by atoms with E-state index in [-0.39, 0.29) is 23.7 Å². The largest absolute Gasteiger partial charge is 0.320 e. The Kier molecular flexibility index (Phi) is 4.32. The number of aromatic nitrogens is 2. The van der Waals surface area contributed by atoms with Gasteiger partial charge in [0.05, 0.1) is 4.92 Å². The lowest BCUT2D eigenvalue weighted by Gasteiger charge is -2.07. The molecule has 0 aliphatic carbocycles. The molecule has 0 radical (unpaired) electrons. The van der Waals surface area contributed by atoms with Gasteiger partial charge in [-0.1, -0.05) is 6.07 Å². The first-order valence-corrected chi connectivity index (χ1v) is 6.50. The smallest absolute Gasteiger partial charge is 0.293 e. The average Bonchev–Trinajstić information content (AvgIpc) is 2.84. The van der Waals surface area contributed by atoms with Crippen LogP contribution in [0.4, 0.5) is 11.4 Å². The fourth-order valence-corrected chi connectivity index (χ4v) is 1.95. The number of nitro groups is 1. The van der Waals surface area contributed by atoms with Gasteiger partial charge in [0.1, 0.15) is 5.69 Å². The quantitative estimate of drug-likeness (QED) is 0.675. The Morgan fingerprint density at radius 2 is 2.14 bits per heavy atom. The molecule has 0 aliphatic heterocycles. The van der Waals surface area contributed by atoms with Gasteiger partial charge < -0.3 is 5.32 Å². The summed E-state index contributed by atoms with van der Waals surface area (Å²) in [5.74, 6) is -0.281. The summed E-state index contributed by atoms with van der Waals surface area (Å²) in [6.07, 6.45) is 1.87. The van der Waals surface area contributed by atoms with Gasteiger partial charge in [0.2, 0.25) is 5.91 Å². The Bertz CT molecular complexity index is 679. The van der Waals surface area contributed by atoms with Crippen LogP contribution >= 0.6 is 0 Å².